The van der Waals surface area contributed by atoms with Gasteiger partial charge < -0.3 is 14.3 Å². The molecule has 4 aromatic rings. The van der Waals surface area contributed by atoms with E-state index in [9.17, 15) is 19.5 Å². The van der Waals surface area contributed by atoms with E-state index >= 15 is 0 Å². The number of rotatable bonds is 1. The summed E-state index contributed by atoms with van der Waals surface area (Å²) in [5.41, 5.74) is -1.61. The van der Waals surface area contributed by atoms with Crippen LogP contribution in [0.2, 0.25) is 0 Å². The summed E-state index contributed by atoms with van der Waals surface area (Å²) in [6, 6.07) is 13.7. The Labute approximate surface area is 155 Å². The van der Waals surface area contributed by atoms with Gasteiger partial charge in [0.2, 0.25) is 5.88 Å². The van der Waals surface area contributed by atoms with Crippen LogP contribution in [0.15, 0.2) is 67.3 Å². The molecule has 2 aromatic heterocycles. The minimum absolute atomic E-state index is 0.0743. The Morgan fingerprint density at radius 3 is 2.46 bits per heavy atom. The first kappa shape index (κ1) is 16.1. The summed E-state index contributed by atoms with van der Waals surface area (Å²) in [7, 11) is 0. The Hall–Kier alpha value is -4.07. The largest absolute Gasteiger partial charge is 0.494 e. The van der Waals surface area contributed by atoms with Gasteiger partial charge in [-0.25, -0.2) is 9.59 Å². The number of para-hydroxylation sites is 2. The van der Waals surface area contributed by atoms with Crippen molar-refractivity contribution in [3.05, 3.63) is 96.5 Å². The molecule has 2 aromatic carbocycles. The van der Waals surface area contributed by atoms with Crippen LogP contribution < -0.4 is 21.6 Å². The van der Waals surface area contributed by atoms with Crippen molar-refractivity contribution >= 4 is 11.0 Å². The number of nitrogens with one attached hydrogen (secondary N) is 2. The molecule has 0 fully saturated rings. The zero-order chi connectivity index (χ0) is 19.4. The molecule has 3 heterocycles. The average molecular weight is 376 g/mol. The van der Waals surface area contributed by atoms with Gasteiger partial charge in [-0.15, -0.1) is 0 Å². The van der Waals surface area contributed by atoms with Gasteiger partial charge in [0.25, 0.3) is 5.56 Å². The second kappa shape index (κ2) is 5.71. The fourth-order valence-corrected chi connectivity index (χ4v) is 3.62. The summed E-state index contributed by atoms with van der Waals surface area (Å²) in [5.74, 6) is -0.920. The van der Waals surface area contributed by atoms with E-state index in [-0.39, 0.29) is 16.9 Å². The van der Waals surface area contributed by atoms with Gasteiger partial charge in [-0.2, -0.15) is 0 Å². The summed E-state index contributed by atoms with van der Waals surface area (Å²) < 4.78 is 11.4. The lowest BCUT2D eigenvalue weighted by Gasteiger charge is -2.27. The summed E-state index contributed by atoms with van der Waals surface area (Å²) in [5, 5.41) is 10.9. The van der Waals surface area contributed by atoms with E-state index in [1.54, 1.807) is 48.5 Å². The smallest absolute Gasteiger partial charge is 0.344 e. The zero-order valence-electron chi connectivity index (χ0n) is 14.2. The maximum absolute atomic E-state index is 12.8. The fourth-order valence-electron chi connectivity index (χ4n) is 3.62. The van der Waals surface area contributed by atoms with Crippen LogP contribution in [0.25, 0.3) is 11.0 Å². The van der Waals surface area contributed by atoms with Crippen molar-refractivity contribution in [2.75, 3.05) is 0 Å². The summed E-state index contributed by atoms with van der Waals surface area (Å²) in [6.07, 6.45) is 0. The lowest BCUT2D eigenvalue weighted by atomic mass is 9.83. The lowest BCUT2D eigenvalue weighted by Crippen LogP contribution is -2.30. The van der Waals surface area contributed by atoms with Crippen molar-refractivity contribution in [3.8, 4) is 17.4 Å². The lowest BCUT2D eigenvalue weighted by molar-refractivity contribution is 0.421. The number of hydrogen-bond donors (Lipinski definition) is 3. The number of aromatic nitrogens is 2. The standard InChI is InChI=1S/C20H12N2O6/c23-17-15(18(24)22-20(26)21-17)13-9-5-1-3-7-11(9)27-16-10-6-2-4-8-12(10)28-19(25)14(13)16/h1-8,13H,(H3,21,22,23,24,26). The second-order valence-corrected chi connectivity index (χ2v) is 6.37. The van der Waals surface area contributed by atoms with Crippen molar-refractivity contribution < 1.29 is 14.3 Å². The van der Waals surface area contributed by atoms with Gasteiger partial charge in [-0.3, -0.25) is 14.8 Å². The highest BCUT2D eigenvalue weighted by Crippen LogP contribution is 2.48. The van der Waals surface area contributed by atoms with E-state index in [0.717, 1.165) is 0 Å². The molecule has 0 radical (unpaired) electrons. The van der Waals surface area contributed by atoms with Crippen LogP contribution in [0, 0.1) is 0 Å². The molecule has 8 heteroatoms. The van der Waals surface area contributed by atoms with Crippen LogP contribution in [0.1, 0.15) is 22.6 Å². The number of fused-ring (bicyclic) bond motifs is 4. The maximum atomic E-state index is 12.8. The van der Waals surface area contributed by atoms with Gasteiger partial charge in [-0.05, 0) is 18.2 Å². The monoisotopic (exact) mass is 376 g/mol. The van der Waals surface area contributed by atoms with E-state index in [0.29, 0.717) is 22.3 Å². The predicted octanol–water partition coefficient (Wildman–Crippen LogP) is 2.16. The second-order valence-electron chi connectivity index (χ2n) is 6.37. The van der Waals surface area contributed by atoms with E-state index < -0.39 is 28.7 Å². The van der Waals surface area contributed by atoms with Crippen LogP contribution in [-0.2, 0) is 0 Å². The topological polar surface area (TPSA) is 125 Å². The molecule has 1 aliphatic rings. The van der Waals surface area contributed by atoms with E-state index in [2.05, 4.69) is 9.97 Å². The average Bonchev–Trinajstić information content (AvgIpc) is 2.67. The van der Waals surface area contributed by atoms with E-state index in [1.165, 1.54) is 0 Å². The number of ether oxygens (including phenoxy) is 1. The summed E-state index contributed by atoms with van der Waals surface area (Å²) in [6.45, 7) is 0. The van der Waals surface area contributed by atoms with Crippen LogP contribution in [0.5, 0.6) is 17.4 Å². The summed E-state index contributed by atoms with van der Waals surface area (Å²) >= 11 is 0. The summed E-state index contributed by atoms with van der Waals surface area (Å²) in [4.78, 5) is 41.2. The molecule has 138 valence electrons. The molecule has 0 saturated heterocycles. The van der Waals surface area contributed by atoms with Crippen molar-refractivity contribution in [1.29, 1.82) is 0 Å². The minimum Gasteiger partial charge on any atom is -0.494 e. The van der Waals surface area contributed by atoms with Crippen molar-refractivity contribution in [3.63, 3.8) is 0 Å². The number of aromatic hydroxyl groups is 1. The van der Waals surface area contributed by atoms with E-state index in [1.807, 2.05) is 0 Å². The van der Waals surface area contributed by atoms with E-state index in [4.69, 9.17) is 9.15 Å². The number of aromatic amines is 2. The van der Waals surface area contributed by atoms with Gasteiger partial charge in [0.15, 0.2) is 0 Å². The third kappa shape index (κ3) is 2.21. The van der Waals surface area contributed by atoms with Crippen molar-refractivity contribution in [2.24, 2.45) is 0 Å². The highest BCUT2D eigenvalue weighted by Gasteiger charge is 2.37. The third-order valence-corrected chi connectivity index (χ3v) is 4.78. The Morgan fingerprint density at radius 2 is 1.64 bits per heavy atom. The van der Waals surface area contributed by atoms with Gasteiger partial charge in [-0.1, -0.05) is 30.3 Å². The molecule has 5 rings (SSSR count). The molecule has 0 amide bonds. The highest BCUT2D eigenvalue weighted by atomic mass is 16.5. The molecule has 1 unspecified atom stereocenters. The first-order valence-corrected chi connectivity index (χ1v) is 8.42. The molecular formula is C20H12N2O6. The number of hydrogen-bond acceptors (Lipinski definition) is 6. The van der Waals surface area contributed by atoms with Crippen LogP contribution in [-0.4, -0.2) is 15.1 Å². The van der Waals surface area contributed by atoms with Crippen LogP contribution >= 0.6 is 0 Å². The maximum Gasteiger partial charge on any atom is 0.344 e. The third-order valence-electron chi connectivity index (χ3n) is 4.78. The van der Waals surface area contributed by atoms with Gasteiger partial charge >= 0.3 is 11.3 Å². The van der Waals surface area contributed by atoms with Crippen molar-refractivity contribution in [2.45, 2.75) is 5.92 Å². The molecule has 0 bridgehead atoms. The van der Waals surface area contributed by atoms with Gasteiger partial charge in [0.1, 0.15) is 17.1 Å². The normalized spacial score (nSPS) is 14.9. The highest BCUT2D eigenvalue weighted by molar-refractivity contribution is 5.86. The van der Waals surface area contributed by atoms with Gasteiger partial charge in [0, 0.05) is 5.56 Å². The number of H-pyrrole nitrogens is 2. The number of benzene rings is 2. The van der Waals surface area contributed by atoms with Gasteiger partial charge in [0.05, 0.1) is 22.4 Å². The Morgan fingerprint density at radius 1 is 0.893 bits per heavy atom. The minimum atomic E-state index is -0.985. The fraction of sp³-hybridized carbons (Fsp3) is 0.0500. The van der Waals surface area contributed by atoms with Crippen LogP contribution in [0.4, 0.5) is 0 Å². The Bertz CT molecular complexity index is 1430. The first-order chi connectivity index (χ1) is 13.5. The van der Waals surface area contributed by atoms with Crippen molar-refractivity contribution in [1.82, 2.24) is 9.97 Å². The predicted molar refractivity (Wildman–Crippen MR) is 99.3 cm³/mol. The first-order valence-electron chi connectivity index (χ1n) is 8.42. The molecule has 1 aliphatic heterocycles. The zero-order valence-corrected chi connectivity index (χ0v) is 14.2. The SMILES string of the molecule is O=c1[nH]c(O)c(C2c3ccccc3Oc3c2c(=O)oc2ccccc32)c(=O)[nH]1. The Balaban J connectivity index is 1.95. The van der Waals surface area contributed by atoms with Crippen LogP contribution in [0.3, 0.4) is 0 Å². The quantitative estimate of drug-likeness (QED) is 0.385. The molecule has 0 aliphatic carbocycles. The molecule has 0 spiro atoms. The molecule has 28 heavy (non-hydrogen) atoms. The molecule has 1 atom stereocenters. The molecular weight excluding hydrogens is 364 g/mol. The Kier molecular flexibility index (Phi) is 3.29. The molecule has 0 saturated carbocycles. The molecule has 3 N–H and O–H groups in total. The molecule has 8 nitrogen and oxygen atoms in total.